The number of aryl methyl sites for hydroxylation is 1. The number of alkyl halides is 2. The van der Waals surface area contributed by atoms with E-state index < -0.39 is 23.3 Å². The van der Waals surface area contributed by atoms with Crippen LogP contribution in [0.2, 0.25) is 10.0 Å². The molecule has 4 rings (SSSR count). The third-order valence-electron chi connectivity index (χ3n) is 4.97. The zero-order valence-corrected chi connectivity index (χ0v) is 14.2. The van der Waals surface area contributed by atoms with Crippen LogP contribution in [0.1, 0.15) is 30.3 Å². The molecule has 0 saturated heterocycles. The number of pyridine rings is 1. The van der Waals surface area contributed by atoms with Gasteiger partial charge >= 0.3 is 0 Å². The van der Waals surface area contributed by atoms with Crippen LogP contribution in [-0.4, -0.2) is 20.5 Å². The standard InChI is InChI=1S/C16H13Cl2F2N3O/c1-7-13(18)15(24)23(12-3-2-9(17)6-21-12)14(22-7)8-4-10-11(5-8)16(10,19)20/h2-3,6,8,10-11H,4-5H2,1H3. The number of nitrogens with zero attached hydrogens (tertiary/aromatic N) is 3. The Morgan fingerprint density at radius 2 is 1.92 bits per heavy atom. The predicted molar refractivity (Wildman–Crippen MR) is 86.3 cm³/mol. The minimum absolute atomic E-state index is 0.00369. The minimum Gasteiger partial charge on any atom is -0.267 e. The van der Waals surface area contributed by atoms with Crippen molar-refractivity contribution in [3.8, 4) is 5.82 Å². The van der Waals surface area contributed by atoms with E-state index in [0.717, 1.165) is 0 Å². The van der Waals surface area contributed by atoms with Gasteiger partial charge in [-0.15, -0.1) is 0 Å². The zero-order chi connectivity index (χ0) is 17.2. The summed E-state index contributed by atoms with van der Waals surface area (Å²) >= 11 is 11.9. The molecular weight excluding hydrogens is 359 g/mol. The van der Waals surface area contributed by atoms with Crippen LogP contribution >= 0.6 is 23.2 Å². The predicted octanol–water partition coefficient (Wildman–Crippen LogP) is 4.00. The van der Waals surface area contributed by atoms with Gasteiger partial charge in [0.2, 0.25) is 0 Å². The third kappa shape index (κ3) is 2.27. The monoisotopic (exact) mass is 371 g/mol. The summed E-state index contributed by atoms with van der Waals surface area (Å²) in [5.74, 6) is -3.22. The van der Waals surface area contributed by atoms with Gasteiger partial charge in [-0.05, 0) is 31.9 Å². The number of hydrogen-bond acceptors (Lipinski definition) is 3. The van der Waals surface area contributed by atoms with Crippen molar-refractivity contribution in [1.82, 2.24) is 14.5 Å². The molecule has 2 aromatic heterocycles. The molecule has 0 bridgehead atoms. The van der Waals surface area contributed by atoms with Crippen LogP contribution in [0.4, 0.5) is 8.78 Å². The van der Waals surface area contributed by atoms with Crippen molar-refractivity contribution >= 4 is 23.2 Å². The average Bonchev–Trinajstić information content (AvgIpc) is 2.91. The fraction of sp³-hybridized carbons (Fsp3) is 0.438. The Bertz CT molecular complexity index is 868. The second-order valence-corrected chi connectivity index (χ2v) is 7.21. The second-order valence-electron chi connectivity index (χ2n) is 6.40. The van der Waals surface area contributed by atoms with E-state index in [9.17, 15) is 13.6 Å². The molecule has 0 aliphatic heterocycles. The molecule has 2 aromatic rings. The zero-order valence-electron chi connectivity index (χ0n) is 12.6. The molecule has 2 aliphatic rings. The summed E-state index contributed by atoms with van der Waals surface area (Å²) in [5, 5.41) is 0.435. The van der Waals surface area contributed by atoms with Crippen LogP contribution in [0.5, 0.6) is 0 Å². The lowest BCUT2D eigenvalue weighted by Gasteiger charge is -2.19. The molecule has 4 nitrogen and oxygen atoms in total. The summed E-state index contributed by atoms with van der Waals surface area (Å²) in [6.07, 6.45) is 2.05. The number of fused-ring (bicyclic) bond motifs is 1. The van der Waals surface area contributed by atoms with E-state index in [4.69, 9.17) is 23.2 Å². The van der Waals surface area contributed by atoms with Crippen molar-refractivity contribution in [2.45, 2.75) is 31.6 Å². The van der Waals surface area contributed by atoms with Gasteiger partial charge in [0, 0.05) is 24.0 Å². The maximum atomic E-state index is 13.5. The maximum Gasteiger partial charge on any atom is 0.278 e. The first-order chi connectivity index (χ1) is 11.3. The lowest BCUT2D eigenvalue weighted by molar-refractivity contribution is 0.0689. The Balaban J connectivity index is 1.82. The average molecular weight is 372 g/mol. The highest BCUT2D eigenvalue weighted by molar-refractivity contribution is 6.31. The third-order valence-corrected chi connectivity index (χ3v) is 5.63. The summed E-state index contributed by atoms with van der Waals surface area (Å²) in [6.45, 7) is 1.64. The second kappa shape index (κ2) is 5.23. The Morgan fingerprint density at radius 3 is 2.50 bits per heavy atom. The molecule has 0 N–H and O–H groups in total. The van der Waals surface area contributed by atoms with Crippen LogP contribution in [0.15, 0.2) is 23.1 Å². The molecule has 126 valence electrons. The van der Waals surface area contributed by atoms with Crippen LogP contribution in [0.25, 0.3) is 5.82 Å². The topological polar surface area (TPSA) is 47.8 Å². The van der Waals surface area contributed by atoms with E-state index in [1.54, 1.807) is 19.1 Å². The van der Waals surface area contributed by atoms with Gasteiger partial charge in [-0.3, -0.25) is 4.79 Å². The van der Waals surface area contributed by atoms with Crippen molar-refractivity contribution in [2.24, 2.45) is 11.8 Å². The van der Waals surface area contributed by atoms with E-state index in [1.807, 2.05) is 0 Å². The van der Waals surface area contributed by atoms with E-state index in [-0.39, 0.29) is 10.9 Å². The van der Waals surface area contributed by atoms with Crippen molar-refractivity contribution in [3.63, 3.8) is 0 Å². The van der Waals surface area contributed by atoms with Gasteiger partial charge in [0.25, 0.3) is 11.5 Å². The first-order valence-electron chi connectivity index (χ1n) is 7.59. The molecule has 0 radical (unpaired) electrons. The van der Waals surface area contributed by atoms with E-state index >= 15 is 0 Å². The molecule has 2 fully saturated rings. The number of hydrogen-bond donors (Lipinski definition) is 0. The molecule has 0 amide bonds. The summed E-state index contributed by atoms with van der Waals surface area (Å²) in [6, 6.07) is 3.19. The normalized spacial score (nSPS) is 27.1. The molecule has 2 saturated carbocycles. The Kier molecular flexibility index (Phi) is 3.48. The fourth-order valence-electron chi connectivity index (χ4n) is 3.65. The molecule has 24 heavy (non-hydrogen) atoms. The summed E-state index contributed by atoms with van der Waals surface area (Å²) in [7, 11) is 0. The van der Waals surface area contributed by atoms with E-state index in [2.05, 4.69) is 9.97 Å². The molecule has 2 aliphatic carbocycles. The van der Waals surface area contributed by atoms with Gasteiger partial charge in [0.15, 0.2) is 0 Å². The molecular formula is C16H13Cl2F2N3O. The van der Waals surface area contributed by atoms with Gasteiger partial charge in [0.05, 0.1) is 10.7 Å². The molecule has 0 aromatic carbocycles. The van der Waals surface area contributed by atoms with Crippen LogP contribution in [-0.2, 0) is 0 Å². The molecule has 0 spiro atoms. The maximum absolute atomic E-state index is 13.5. The number of aromatic nitrogens is 3. The highest BCUT2D eigenvalue weighted by atomic mass is 35.5. The van der Waals surface area contributed by atoms with Gasteiger partial charge < -0.3 is 0 Å². The Labute approximate surface area is 146 Å². The number of halogens is 4. The van der Waals surface area contributed by atoms with Crippen LogP contribution in [0, 0.1) is 18.8 Å². The largest absolute Gasteiger partial charge is 0.278 e. The van der Waals surface area contributed by atoms with E-state index in [0.29, 0.717) is 35.2 Å². The molecule has 2 atom stereocenters. The van der Waals surface area contributed by atoms with Gasteiger partial charge in [-0.1, -0.05) is 23.2 Å². The van der Waals surface area contributed by atoms with Crippen molar-refractivity contribution < 1.29 is 8.78 Å². The van der Waals surface area contributed by atoms with Crippen molar-refractivity contribution in [1.29, 1.82) is 0 Å². The number of rotatable bonds is 2. The SMILES string of the molecule is Cc1nc(C2CC3C(C2)C3(F)F)n(-c2ccc(Cl)cn2)c(=O)c1Cl. The first-order valence-corrected chi connectivity index (χ1v) is 8.35. The lowest BCUT2D eigenvalue weighted by Crippen LogP contribution is -2.28. The lowest BCUT2D eigenvalue weighted by atomic mass is 10.0. The smallest absolute Gasteiger partial charge is 0.267 e. The van der Waals surface area contributed by atoms with Gasteiger partial charge in [0.1, 0.15) is 16.7 Å². The molecule has 2 heterocycles. The Morgan fingerprint density at radius 1 is 1.25 bits per heavy atom. The summed E-state index contributed by atoms with van der Waals surface area (Å²) in [4.78, 5) is 21.2. The van der Waals surface area contributed by atoms with Gasteiger partial charge in [-0.25, -0.2) is 23.3 Å². The summed E-state index contributed by atoms with van der Waals surface area (Å²) < 4.78 is 28.3. The highest BCUT2D eigenvalue weighted by Gasteiger charge is 2.71. The van der Waals surface area contributed by atoms with Crippen molar-refractivity contribution in [2.75, 3.05) is 0 Å². The molecule has 2 unspecified atom stereocenters. The van der Waals surface area contributed by atoms with Gasteiger partial charge in [-0.2, -0.15) is 0 Å². The fourth-order valence-corrected chi connectivity index (χ4v) is 3.89. The highest BCUT2D eigenvalue weighted by Crippen LogP contribution is 2.67. The quantitative estimate of drug-likeness (QED) is 0.801. The van der Waals surface area contributed by atoms with E-state index in [1.165, 1.54) is 10.8 Å². The minimum atomic E-state index is -2.57. The van der Waals surface area contributed by atoms with Crippen molar-refractivity contribution in [3.05, 3.63) is 50.2 Å². The molecule has 8 heteroatoms. The summed E-state index contributed by atoms with van der Waals surface area (Å²) in [5.41, 5.74) is -0.0458. The van der Waals surface area contributed by atoms with Crippen LogP contribution in [0.3, 0.4) is 0 Å². The first kappa shape index (κ1) is 16.0. The van der Waals surface area contributed by atoms with Crippen LogP contribution < -0.4 is 5.56 Å². The Hall–Kier alpha value is -1.53.